The van der Waals surface area contributed by atoms with E-state index < -0.39 is 12.0 Å². The van der Waals surface area contributed by atoms with Crippen LogP contribution in [0, 0.1) is 0 Å². The lowest BCUT2D eigenvalue weighted by molar-refractivity contribution is -0.139. The highest BCUT2D eigenvalue weighted by Crippen LogP contribution is 2.22. The third-order valence-corrected chi connectivity index (χ3v) is 3.49. The molecule has 1 atom stereocenters. The van der Waals surface area contributed by atoms with Gasteiger partial charge >= 0.3 is 5.97 Å². The number of hydrogen-bond acceptors (Lipinski definition) is 3. The Morgan fingerprint density at radius 3 is 2.95 bits per heavy atom. The average molecular weight is 276 g/mol. The zero-order valence-electron chi connectivity index (χ0n) is 11.6. The van der Waals surface area contributed by atoms with Crippen molar-refractivity contribution < 1.29 is 14.7 Å². The number of benzene rings is 1. The number of hydrogen-bond donors (Lipinski definition) is 3. The lowest BCUT2D eigenvalue weighted by Gasteiger charge is -2.19. The fourth-order valence-corrected chi connectivity index (χ4v) is 2.40. The molecule has 1 heterocycles. The van der Waals surface area contributed by atoms with Gasteiger partial charge in [-0.2, -0.15) is 0 Å². The van der Waals surface area contributed by atoms with Gasteiger partial charge in [0.15, 0.2) is 0 Å². The highest BCUT2D eigenvalue weighted by Gasteiger charge is 2.20. The van der Waals surface area contributed by atoms with E-state index in [9.17, 15) is 9.59 Å². The zero-order valence-corrected chi connectivity index (χ0v) is 11.6. The molecule has 0 radical (unpaired) electrons. The van der Waals surface area contributed by atoms with Crippen LogP contribution in [0.25, 0.3) is 0 Å². The second-order valence-corrected chi connectivity index (χ2v) is 5.06. The van der Waals surface area contributed by atoms with Crippen molar-refractivity contribution in [2.24, 2.45) is 0 Å². The van der Waals surface area contributed by atoms with Crippen LogP contribution in [0.3, 0.4) is 0 Å². The Morgan fingerprint density at radius 2 is 2.25 bits per heavy atom. The van der Waals surface area contributed by atoms with E-state index in [0.29, 0.717) is 18.4 Å². The van der Waals surface area contributed by atoms with E-state index >= 15 is 0 Å². The molecule has 5 heteroatoms. The maximum Gasteiger partial charge on any atom is 0.326 e. The summed E-state index contributed by atoms with van der Waals surface area (Å²) in [5.41, 5.74) is 2.71. The summed E-state index contributed by atoms with van der Waals surface area (Å²) >= 11 is 0. The molecule has 0 spiro atoms. The zero-order chi connectivity index (χ0) is 14.5. The molecule has 5 nitrogen and oxygen atoms in total. The number of carboxylic acids is 1. The van der Waals surface area contributed by atoms with E-state index in [2.05, 4.69) is 10.6 Å². The number of aliphatic carboxylic acids is 1. The molecule has 0 aromatic heterocycles. The summed E-state index contributed by atoms with van der Waals surface area (Å²) in [5, 5.41) is 14.9. The predicted octanol–water partition coefficient (Wildman–Crippen LogP) is 2.03. The van der Waals surface area contributed by atoms with Gasteiger partial charge in [-0.05, 0) is 43.0 Å². The van der Waals surface area contributed by atoms with E-state index in [1.165, 1.54) is 0 Å². The molecule has 0 saturated carbocycles. The van der Waals surface area contributed by atoms with Gasteiger partial charge in [-0.1, -0.05) is 13.3 Å². The molecule has 2 rings (SSSR count). The van der Waals surface area contributed by atoms with Crippen molar-refractivity contribution in [2.75, 3.05) is 11.9 Å². The Kier molecular flexibility index (Phi) is 4.61. The highest BCUT2D eigenvalue weighted by molar-refractivity contribution is 5.97. The van der Waals surface area contributed by atoms with Crippen LogP contribution in [0.2, 0.25) is 0 Å². The molecule has 1 aromatic carbocycles. The van der Waals surface area contributed by atoms with Gasteiger partial charge in [-0.15, -0.1) is 0 Å². The summed E-state index contributed by atoms with van der Waals surface area (Å²) in [6, 6.07) is 4.65. The number of nitrogens with one attached hydrogen (secondary N) is 2. The lowest BCUT2D eigenvalue weighted by atomic mass is 10.0. The van der Waals surface area contributed by atoms with Gasteiger partial charge in [0.05, 0.1) is 0 Å². The predicted molar refractivity (Wildman–Crippen MR) is 77.1 cm³/mol. The molecular weight excluding hydrogens is 256 g/mol. The van der Waals surface area contributed by atoms with E-state index in [4.69, 9.17) is 5.11 Å². The SMILES string of the molecule is CCCC(NC(=O)c1ccc2c(c1)CCCN2)C(=O)O. The molecule has 0 aliphatic carbocycles. The molecule has 108 valence electrons. The van der Waals surface area contributed by atoms with Crippen LogP contribution in [0.5, 0.6) is 0 Å². The summed E-state index contributed by atoms with van der Waals surface area (Å²) in [4.78, 5) is 23.2. The van der Waals surface area contributed by atoms with Gasteiger partial charge in [0.1, 0.15) is 6.04 Å². The third kappa shape index (κ3) is 3.29. The molecule has 0 fully saturated rings. The Hall–Kier alpha value is -2.04. The first-order chi connectivity index (χ1) is 9.61. The summed E-state index contributed by atoms with van der Waals surface area (Å²) in [6.45, 7) is 2.85. The average Bonchev–Trinajstić information content (AvgIpc) is 2.46. The number of aryl methyl sites for hydroxylation is 1. The molecule has 0 bridgehead atoms. The molecular formula is C15H20N2O3. The molecule has 1 aliphatic heterocycles. The van der Waals surface area contributed by atoms with Gasteiger partial charge in [0.2, 0.25) is 0 Å². The summed E-state index contributed by atoms with van der Waals surface area (Å²) < 4.78 is 0. The Labute approximate surface area is 118 Å². The summed E-state index contributed by atoms with van der Waals surface area (Å²) in [5.74, 6) is -1.31. The monoisotopic (exact) mass is 276 g/mol. The largest absolute Gasteiger partial charge is 0.480 e. The number of carbonyl (C=O) groups excluding carboxylic acids is 1. The van der Waals surface area contributed by atoms with Gasteiger partial charge < -0.3 is 15.7 Å². The number of amides is 1. The van der Waals surface area contributed by atoms with Crippen LogP contribution < -0.4 is 10.6 Å². The summed E-state index contributed by atoms with van der Waals surface area (Å²) in [6.07, 6.45) is 3.14. The number of carbonyl (C=O) groups is 2. The second-order valence-electron chi connectivity index (χ2n) is 5.06. The van der Waals surface area contributed by atoms with E-state index in [1.54, 1.807) is 6.07 Å². The van der Waals surface area contributed by atoms with Crippen molar-refractivity contribution >= 4 is 17.6 Å². The van der Waals surface area contributed by atoms with Crippen LogP contribution in [-0.2, 0) is 11.2 Å². The van der Waals surface area contributed by atoms with Crippen LogP contribution in [0.1, 0.15) is 42.1 Å². The molecule has 1 aromatic rings. The number of fused-ring (bicyclic) bond motifs is 1. The Bertz CT molecular complexity index is 514. The topological polar surface area (TPSA) is 78.4 Å². The maximum absolute atomic E-state index is 12.1. The normalized spacial score (nSPS) is 14.8. The van der Waals surface area contributed by atoms with Crippen LogP contribution in [-0.4, -0.2) is 29.6 Å². The van der Waals surface area contributed by atoms with Gasteiger partial charge in [0.25, 0.3) is 5.91 Å². The van der Waals surface area contributed by atoms with Crippen molar-refractivity contribution in [3.63, 3.8) is 0 Å². The fourth-order valence-electron chi connectivity index (χ4n) is 2.40. The minimum atomic E-state index is -0.986. The van der Waals surface area contributed by atoms with Crippen LogP contribution >= 0.6 is 0 Å². The lowest BCUT2D eigenvalue weighted by Crippen LogP contribution is -2.40. The van der Waals surface area contributed by atoms with Gasteiger partial charge in [-0.3, -0.25) is 4.79 Å². The maximum atomic E-state index is 12.1. The first-order valence-corrected chi connectivity index (χ1v) is 7.02. The number of anilines is 1. The van der Waals surface area contributed by atoms with Crippen molar-refractivity contribution in [2.45, 2.75) is 38.6 Å². The molecule has 1 unspecified atom stereocenters. The van der Waals surface area contributed by atoms with Crippen LogP contribution in [0.15, 0.2) is 18.2 Å². The first kappa shape index (κ1) is 14.4. The highest BCUT2D eigenvalue weighted by atomic mass is 16.4. The quantitative estimate of drug-likeness (QED) is 0.769. The van der Waals surface area contributed by atoms with Crippen molar-refractivity contribution in [1.82, 2.24) is 5.32 Å². The first-order valence-electron chi connectivity index (χ1n) is 7.02. The summed E-state index contributed by atoms with van der Waals surface area (Å²) in [7, 11) is 0. The number of carboxylic acid groups (broad SMARTS) is 1. The minimum absolute atomic E-state index is 0.320. The van der Waals surface area contributed by atoms with Crippen molar-refractivity contribution in [3.8, 4) is 0 Å². The Morgan fingerprint density at radius 1 is 1.45 bits per heavy atom. The van der Waals surface area contributed by atoms with Crippen molar-refractivity contribution in [3.05, 3.63) is 29.3 Å². The molecule has 20 heavy (non-hydrogen) atoms. The second kappa shape index (κ2) is 6.41. The van der Waals surface area contributed by atoms with E-state index in [0.717, 1.165) is 30.6 Å². The van der Waals surface area contributed by atoms with Gasteiger partial charge in [-0.25, -0.2) is 4.79 Å². The van der Waals surface area contributed by atoms with E-state index in [-0.39, 0.29) is 5.91 Å². The third-order valence-electron chi connectivity index (χ3n) is 3.49. The standard InChI is InChI=1S/C15H20N2O3/c1-2-4-13(15(19)20)17-14(18)11-6-7-12-10(9-11)5-3-8-16-12/h6-7,9,13,16H,2-5,8H2,1H3,(H,17,18)(H,19,20). The van der Waals surface area contributed by atoms with Gasteiger partial charge in [0, 0.05) is 17.8 Å². The fraction of sp³-hybridized carbons (Fsp3) is 0.467. The minimum Gasteiger partial charge on any atom is -0.480 e. The van der Waals surface area contributed by atoms with Crippen LogP contribution in [0.4, 0.5) is 5.69 Å². The van der Waals surface area contributed by atoms with Crippen molar-refractivity contribution in [1.29, 1.82) is 0 Å². The van der Waals surface area contributed by atoms with E-state index in [1.807, 2.05) is 19.1 Å². The Balaban J connectivity index is 2.10. The molecule has 3 N–H and O–H groups in total. The number of rotatable bonds is 5. The smallest absolute Gasteiger partial charge is 0.326 e. The molecule has 0 saturated heterocycles. The molecule has 1 aliphatic rings. The molecule has 1 amide bonds.